The maximum atomic E-state index is 9.71. The average Bonchev–Trinajstić information content (AvgIpc) is 1.63. The van der Waals surface area contributed by atoms with Crippen molar-refractivity contribution in [3.05, 3.63) is 0 Å². The standard InChI is InChI=1S/C4H6O5/c5-3(6)1-2-9-4(7)8/h1-2H2,(H,5,6)(H,7,8). The highest BCUT2D eigenvalue weighted by Crippen LogP contribution is 1.81. The molecule has 0 aliphatic rings. The fourth-order valence-electron chi connectivity index (χ4n) is 0.226. The van der Waals surface area contributed by atoms with Gasteiger partial charge in [0.25, 0.3) is 0 Å². The second kappa shape index (κ2) is 3.71. The van der Waals surface area contributed by atoms with E-state index in [1.807, 2.05) is 0 Å². The maximum Gasteiger partial charge on any atom is 0.505 e. The van der Waals surface area contributed by atoms with Gasteiger partial charge in [-0.15, -0.1) is 0 Å². The number of carboxylic acids is 1. The van der Waals surface area contributed by atoms with Crippen molar-refractivity contribution in [1.29, 1.82) is 0 Å². The van der Waals surface area contributed by atoms with Crippen molar-refractivity contribution in [3.63, 3.8) is 0 Å². The van der Waals surface area contributed by atoms with Crippen LogP contribution in [-0.4, -0.2) is 28.9 Å². The van der Waals surface area contributed by atoms with E-state index in [0.717, 1.165) is 0 Å². The molecule has 0 saturated heterocycles. The van der Waals surface area contributed by atoms with Crippen LogP contribution in [0.5, 0.6) is 0 Å². The van der Waals surface area contributed by atoms with Crippen LogP contribution in [0.4, 0.5) is 4.79 Å². The minimum Gasteiger partial charge on any atom is -0.481 e. The SMILES string of the molecule is O=C(O)CCOC(=O)O. The molecule has 0 aromatic heterocycles. The van der Waals surface area contributed by atoms with Crippen LogP contribution in [0.15, 0.2) is 0 Å². The molecule has 0 fully saturated rings. The van der Waals surface area contributed by atoms with Crippen molar-refractivity contribution in [2.24, 2.45) is 0 Å². The summed E-state index contributed by atoms with van der Waals surface area (Å²) >= 11 is 0. The zero-order chi connectivity index (χ0) is 7.28. The van der Waals surface area contributed by atoms with Crippen LogP contribution in [0, 0.1) is 0 Å². The fourth-order valence-corrected chi connectivity index (χ4v) is 0.226. The van der Waals surface area contributed by atoms with E-state index in [2.05, 4.69) is 4.74 Å². The third kappa shape index (κ3) is 6.74. The average molecular weight is 134 g/mol. The first-order valence-corrected chi connectivity index (χ1v) is 2.20. The van der Waals surface area contributed by atoms with Crippen molar-refractivity contribution in [2.75, 3.05) is 6.61 Å². The van der Waals surface area contributed by atoms with Gasteiger partial charge in [0.05, 0.1) is 6.42 Å². The van der Waals surface area contributed by atoms with E-state index < -0.39 is 12.1 Å². The zero-order valence-electron chi connectivity index (χ0n) is 4.53. The Kier molecular flexibility index (Phi) is 3.19. The van der Waals surface area contributed by atoms with Gasteiger partial charge < -0.3 is 14.9 Å². The molecule has 5 heteroatoms. The van der Waals surface area contributed by atoms with Crippen molar-refractivity contribution in [1.82, 2.24) is 0 Å². The topological polar surface area (TPSA) is 83.8 Å². The molecule has 0 aromatic carbocycles. The minimum absolute atomic E-state index is 0.285. The molecule has 0 heterocycles. The third-order valence-corrected chi connectivity index (χ3v) is 0.541. The van der Waals surface area contributed by atoms with Crippen molar-refractivity contribution in [2.45, 2.75) is 6.42 Å². The molecule has 52 valence electrons. The Hall–Kier alpha value is -1.26. The van der Waals surface area contributed by atoms with E-state index in [9.17, 15) is 9.59 Å². The quantitative estimate of drug-likeness (QED) is 0.537. The number of hydrogen-bond donors (Lipinski definition) is 2. The predicted octanol–water partition coefficient (Wildman–Crippen LogP) is 0.156. The Balaban J connectivity index is 3.10. The van der Waals surface area contributed by atoms with E-state index in [1.54, 1.807) is 0 Å². The second-order valence-corrected chi connectivity index (χ2v) is 1.26. The molecule has 0 aliphatic heterocycles. The molecule has 0 spiro atoms. The van der Waals surface area contributed by atoms with Crippen molar-refractivity contribution >= 4 is 12.1 Å². The van der Waals surface area contributed by atoms with E-state index in [1.165, 1.54) is 0 Å². The van der Waals surface area contributed by atoms with Gasteiger partial charge in [-0.05, 0) is 0 Å². The maximum absolute atomic E-state index is 9.71. The van der Waals surface area contributed by atoms with Crippen LogP contribution < -0.4 is 0 Å². The molecule has 0 bridgehead atoms. The number of rotatable bonds is 3. The predicted molar refractivity (Wildman–Crippen MR) is 26.2 cm³/mol. The second-order valence-electron chi connectivity index (χ2n) is 1.26. The molecule has 0 unspecified atom stereocenters. The smallest absolute Gasteiger partial charge is 0.481 e. The van der Waals surface area contributed by atoms with Gasteiger partial charge in [-0.3, -0.25) is 4.79 Å². The van der Waals surface area contributed by atoms with Gasteiger partial charge in [-0.25, -0.2) is 4.79 Å². The molecule has 9 heavy (non-hydrogen) atoms. The summed E-state index contributed by atoms with van der Waals surface area (Å²) in [5.74, 6) is -1.07. The Labute approximate surface area is 50.9 Å². The molecule has 0 amide bonds. The van der Waals surface area contributed by atoms with Gasteiger partial charge in [-0.1, -0.05) is 0 Å². The Bertz CT molecular complexity index is 104. The summed E-state index contributed by atoms with van der Waals surface area (Å²) in [5, 5.41) is 15.8. The molecular formula is C4H6O5. The molecule has 0 radical (unpaired) electrons. The molecule has 0 saturated carbocycles. The van der Waals surface area contributed by atoms with Gasteiger partial charge in [0.15, 0.2) is 0 Å². The van der Waals surface area contributed by atoms with Gasteiger partial charge in [0.2, 0.25) is 0 Å². The first kappa shape index (κ1) is 7.74. The largest absolute Gasteiger partial charge is 0.505 e. The molecule has 0 aromatic rings. The Morgan fingerprint density at radius 3 is 2.22 bits per heavy atom. The summed E-state index contributed by atoms with van der Waals surface area (Å²) in [6.45, 7) is -0.287. The van der Waals surface area contributed by atoms with Crippen LogP contribution >= 0.6 is 0 Å². The molecule has 0 rings (SSSR count). The lowest BCUT2D eigenvalue weighted by molar-refractivity contribution is -0.137. The van der Waals surface area contributed by atoms with Crippen LogP contribution in [0.25, 0.3) is 0 Å². The van der Waals surface area contributed by atoms with E-state index in [-0.39, 0.29) is 13.0 Å². The highest BCUT2D eigenvalue weighted by molar-refractivity contribution is 5.67. The number of ether oxygens (including phenoxy) is 1. The number of carboxylic acid groups (broad SMARTS) is 2. The van der Waals surface area contributed by atoms with E-state index in [4.69, 9.17) is 10.2 Å². The number of carbonyl (C=O) groups is 2. The number of aliphatic carboxylic acids is 1. The molecular weight excluding hydrogens is 128 g/mol. The van der Waals surface area contributed by atoms with Crippen LogP contribution in [0.3, 0.4) is 0 Å². The molecule has 0 aliphatic carbocycles. The summed E-state index contributed by atoms with van der Waals surface area (Å²) in [5.41, 5.74) is 0. The monoisotopic (exact) mass is 134 g/mol. The third-order valence-electron chi connectivity index (χ3n) is 0.541. The van der Waals surface area contributed by atoms with E-state index >= 15 is 0 Å². The lowest BCUT2D eigenvalue weighted by Gasteiger charge is -1.93. The summed E-state index contributed by atoms with van der Waals surface area (Å²) < 4.78 is 3.89. The van der Waals surface area contributed by atoms with Crippen molar-refractivity contribution < 1.29 is 24.5 Å². The molecule has 5 nitrogen and oxygen atoms in total. The highest BCUT2D eigenvalue weighted by atomic mass is 16.7. The minimum atomic E-state index is -1.45. The molecule has 0 atom stereocenters. The lowest BCUT2D eigenvalue weighted by Crippen LogP contribution is -2.06. The van der Waals surface area contributed by atoms with Crippen LogP contribution in [0.1, 0.15) is 6.42 Å². The van der Waals surface area contributed by atoms with Gasteiger partial charge >= 0.3 is 12.1 Å². The highest BCUT2D eigenvalue weighted by Gasteiger charge is 1.99. The normalized spacial score (nSPS) is 8.44. The van der Waals surface area contributed by atoms with Gasteiger partial charge in [0.1, 0.15) is 6.61 Å². The van der Waals surface area contributed by atoms with Crippen LogP contribution in [0.2, 0.25) is 0 Å². The first-order valence-electron chi connectivity index (χ1n) is 2.20. The Morgan fingerprint density at radius 2 is 1.89 bits per heavy atom. The van der Waals surface area contributed by atoms with Crippen molar-refractivity contribution in [3.8, 4) is 0 Å². The summed E-state index contributed by atoms with van der Waals surface area (Å²) in [4.78, 5) is 19.3. The van der Waals surface area contributed by atoms with Gasteiger partial charge in [0, 0.05) is 0 Å². The molecule has 2 N–H and O–H groups in total. The van der Waals surface area contributed by atoms with Crippen LogP contribution in [-0.2, 0) is 9.53 Å². The summed E-state index contributed by atoms with van der Waals surface area (Å²) in [6, 6.07) is 0. The summed E-state index contributed by atoms with van der Waals surface area (Å²) in [6.07, 6.45) is -1.73. The summed E-state index contributed by atoms with van der Waals surface area (Å²) in [7, 11) is 0. The Morgan fingerprint density at radius 1 is 1.33 bits per heavy atom. The lowest BCUT2D eigenvalue weighted by atomic mass is 10.5. The number of hydrogen-bond acceptors (Lipinski definition) is 3. The van der Waals surface area contributed by atoms with Gasteiger partial charge in [-0.2, -0.15) is 0 Å². The first-order chi connectivity index (χ1) is 4.13. The fraction of sp³-hybridized carbons (Fsp3) is 0.500. The zero-order valence-corrected chi connectivity index (χ0v) is 4.53. The van der Waals surface area contributed by atoms with E-state index in [0.29, 0.717) is 0 Å².